The van der Waals surface area contributed by atoms with Gasteiger partial charge < -0.3 is 15.1 Å². The van der Waals surface area contributed by atoms with E-state index in [-0.39, 0.29) is 24.0 Å². The minimum Gasteiger partial charge on any atom is -0.349 e. The van der Waals surface area contributed by atoms with E-state index in [2.05, 4.69) is 58.3 Å². The zero-order chi connectivity index (χ0) is 20.4. The van der Waals surface area contributed by atoms with Crippen LogP contribution in [0.3, 0.4) is 0 Å². The van der Waals surface area contributed by atoms with Gasteiger partial charge in [0.05, 0.1) is 12.2 Å². The Morgan fingerprint density at radius 2 is 2.13 bits per heavy atom. The molecule has 1 fully saturated rings. The third-order valence-corrected chi connectivity index (χ3v) is 7.00. The number of thiazole rings is 1. The molecule has 0 aliphatic carbocycles. The van der Waals surface area contributed by atoms with Crippen molar-refractivity contribution >= 4 is 52.9 Å². The lowest BCUT2D eigenvalue weighted by atomic mass is 9.98. The van der Waals surface area contributed by atoms with Crippen molar-refractivity contribution in [3.63, 3.8) is 0 Å². The summed E-state index contributed by atoms with van der Waals surface area (Å²) in [4.78, 5) is 26.7. The highest BCUT2D eigenvalue weighted by Gasteiger charge is 2.32. The number of para-hydroxylation sites is 1. The summed E-state index contributed by atoms with van der Waals surface area (Å²) in [5.74, 6) is 1.59. The molecular formula is C22H30IN5OS. The van der Waals surface area contributed by atoms with E-state index >= 15 is 0 Å². The van der Waals surface area contributed by atoms with Gasteiger partial charge in [0, 0.05) is 49.6 Å². The molecule has 1 aromatic carbocycles. The Bertz CT molecular complexity index is 909. The number of nitrogens with one attached hydrogen (secondary N) is 1. The quantitative estimate of drug-likeness (QED) is 0.354. The predicted molar refractivity (Wildman–Crippen MR) is 134 cm³/mol. The number of likely N-dealkylation sites (tertiary alicyclic amines) is 1. The van der Waals surface area contributed by atoms with Crippen molar-refractivity contribution in [2.24, 2.45) is 4.99 Å². The number of nitrogens with zero attached hydrogens (tertiary/aromatic N) is 4. The van der Waals surface area contributed by atoms with Crippen LogP contribution in [0, 0.1) is 13.8 Å². The fourth-order valence-corrected chi connectivity index (χ4v) is 5.13. The maximum absolute atomic E-state index is 12.0. The van der Waals surface area contributed by atoms with Crippen molar-refractivity contribution in [1.82, 2.24) is 15.2 Å². The first-order chi connectivity index (χ1) is 14.1. The van der Waals surface area contributed by atoms with Gasteiger partial charge in [0.25, 0.3) is 0 Å². The zero-order valence-corrected chi connectivity index (χ0v) is 21.0. The SMILES string of the molecule is CN=C(NCc1nc(C)c(C)s1)N1CC(CCN2CCCC2=O)c2ccccc21.I. The lowest BCUT2D eigenvalue weighted by Gasteiger charge is -2.23. The topological polar surface area (TPSA) is 60.8 Å². The van der Waals surface area contributed by atoms with E-state index in [9.17, 15) is 4.79 Å². The van der Waals surface area contributed by atoms with Gasteiger partial charge in [0.1, 0.15) is 5.01 Å². The largest absolute Gasteiger partial charge is 0.349 e. The molecule has 162 valence electrons. The van der Waals surface area contributed by atoms with Gasteiger partial charge in [-0.2, -0.15) is 0 Å². The van der Waals surface area contributed by atoms with Crippen LogP contribution in [0.2, 0.25) is 0 Å². The summed E-state index contributed by atoms with van der Waals surface area (Å²) in [7, 11) is 1.83. The average Bonchev–Trinajstić information content (AvgIpc) is 3.39. The van der Waals surface area contributed by atoms with Crippen molar-refractivity contribution in [2.75, 3.05) is 31.6 Å². The summed E-state index contributed by atoms with van der Waals surface area (Å²) in [6.07, 6.45) is 2.69. The Morgan fingerprint density at radius 1 is 1.33 bits per heavy atom. The Hall–Kier alpha value is -1.68. The fourth-order valence-electron chi connectivity index (χ4n) is 4.26. The van der Waals surface area contributed by atoms with Crippen LogP contribution >= 0.6 is 35.3 Å². The first-order valence-electron chi connectivity index (χ1n) is 10.3. The summed E-state index contributed by atoms with van der Waals surface area (Å²) >= 11 is 1.73. The van der Waals surface area contributed by atoms with E-state index < -0.39 is 0 Å². The highest BCUT2D eigenvalue weighted by Crippen LogP contribution is 2.38. The Kier molecular flexibility index (Phi) is 7.73. The lowest BCUT2D eigenvalue weighted by Crippen LogP contribution is -2.40. The van der Waals surface area contributed by atoms with E-state index in [4.69, 9.17) is 0 Å². The number of hydrogen-bond donors (Lipinski definition) is 1. The molecule has 0 bridgehead atoms. The van der Waals surface area contributed by atoms with Crippen molar-refractivity contribution in [2.45, 2.75) is 45.6 Å². The van der Waals surface area contributed by atoms with Crippen molar-refractivity contribution in [1.29, 1.82) is 0 Å². The number of aryl methyl sites for hydroxylation is 2. The molecule has 0 spiro atoms. The van der Waals surface area contributed by atoms with Gasteiger partial charge in [-0.1, -0.05) is 18.2 Å². The molecule has 3 heterocycles. The number of halogens is 1. The molecule has 1 saturated heterocycles. The van der Waals surface area contributed by atoms with Crippen LogP contribution in [0.25, 0.3) is 0 Å². The highest BCUT2D eigenvalue weighted by atomic mass is 127. The third-order valence-electron chi connectivity index (χ3n) is 5.93. The third kappa shape index (κ3) is 4.80. The minimum absolute atomic E-state index is 0. The van der Waals surface area contributed by atoms with Gasteiger partial charge in [0.15, 0.2) is 5.96 Å². The van der Waals surface area contributed by atoms with Gasteiger partial charge in [-0.15, -0.1) is 35.3 Å². The molecule has 30 heavy (non-hydrogen) atoms. The van der Waals surface area contributed by atoms with E-state index in [0.717, 1.165) is 49.1 Å². The molecule has 0 radical (unpaired) electrons. The van der Waals surface area contributed by atoms with Gasteiger partial charge in [-0.25, -0.2) is 4.98 Å². The number of carbonyl (C=O) groups is 1. The van der Waals surface area contributed by atoms with Crippen molar-refractivity contribution in [3.05, 3.63) is 45.4 Å². The Morgan fingerprint density at radius 3 is 2.80 bits per heavy atom. The highest BCUT2D eigenvalue weighted by molar-refractivity contribution is 14.0. The Labute approximate surface area is 199 Å². The minimum atomic E-state index is 0. The molecular weight excluding hydrogens is 509 g/mol. The number of benzene rings is 1. The molecule has 0 saturated carbocycles. The predicted octanol–water partition coefficient (Wildman–Crippen LogP) is 4.07. The van der Waals surface area contributed by atoms with Gasteiger partial charge in [0.2, 0.25) is 5.91 Å². The van der Waals surface area contributed by atoms with Crippen molar-refractivity contribution in [3.8, 4) is 0 Å². The molecule has 2 aliphatic rings. The molecule has 8 heteroatoms. The monoisotopic (exact) mass is 539 g/mol. The van der Waals surface area contributed by atoms with Crippen LogP contribution in [0.1, 0.15) is 46.3 Å². The van der Waals surface area contributed by atoms with Gasteiger partial charge in [-0.3, -0.25) is 9.79 Å². The van der Waals surface area contributed by atoms with Gasteiger partial charge >= 0.3 is 0 Å². The van der Waals surface area contributed by atoms with Crippen LogP contribution in [0.5, 0.6) is 0 Å². The molecule has 1 atom stereocenters. The number of carbonyl (C=O) groups excluding carboxylic acids is 1. The molecule has 1 unspecified atom stereocenters. The molecule has 4 rings (SSSR count). The molecule has 1 N–H and O–H groups in total. The summed E-state index contributed by atoms with van der Waals surface area (Å²) in [6.45, 7) is 7.48. The number of amides is 1. The Balaban J connectivity index is 0.00000256. The number of aromatic nitrogens is 1. The number of rotatable bonds is 5. The normalized spacial score (nSPS) is 18.6. The fraction of sp³-hybridized carbons (Fsp3) is 0.500. The summed E-state index contributed by atoms with van der Waals surface area (Å²) in [5, 5.41) is 4.57. The number of anilines is 1. The number of fused-ring (bicyclic) bond motifs is 1. The zero-order valence-electron chi connectivity index (χ0n) is 17.9. The number of aliphatic imine (C=N–C) groups is 1. The summed E-state index contributed by atoms with van der Waals surface area (Å²) < 4.78 is 0. The van der Waals surface area contributed by atoms with E-state index in [1.807, 2.05) is 11.9 Å². The lowest BCUT2D eigenvalue weighted by molar-refractivity contribution is -0.127. The van der Waals surface area contributed by atoms with Crippen LogP contribution in [-0.2, 0) is 11.3 Å². The van der Waals surface area contributed by atoms with Gasteiger partial charge in [-0.05, 0) is 38.3 Å². The average molecular weight is 539 g/mol. The first kappa shape index (κ1) is 23.0. The van der Waals surface area contributed by atoms with Crippen molar-refractivity contribution < 1.29 is 4.79 Å². The van der Waals surface area contributed by atoms with Crippen LogP contribution in [0.15, 0.2) is 29.3 Å². The molecule has 1 amide bonds. The van der Waals surface area contributed by atoms with E-state index in [1.165, 1.54) is 16.1 Å². The number of hydrogen-bond acceptors (Lipinski definition) is 4. The first-order valence-corrected chi connectivity index (χ1v) is 11.2. The van der Waals surface area contributed by atoms with E-state index in [1.54, 1.807) is 11.3 Å². The van der Waals surface area contributed by atoms with E-state index in [0.29, 0.717) is 24.8 Å². The second kappa shape index (κ2) is 10.1. The maximum Gasteiger partial charge on any atom is 0.222 e. The molecule has 6 nitrogen and oxygen atoms in total. The summed E-state index contributed by atoms with van der Waals surface area (Å²) in [5.41, 5.74) is 3.66. The standard InChI is InChI=1S/C22H29N5OS.HI/c1-15-16(2)29-20(25-15)13-24-22(23-3)27-14-17(18-7-4-5-8-19(18)27)10-12-26-11-6-9-21(26)28;/h4-5,7-8,17H,6,9-14H2,1-3H3,(H,23,24);1H. The summed E-state index contributed by atoms with van der Waals surface area (Å²) in [6, 6.07) is 8.57. The second-order valence-corrected chi connectivity index (χ2v) is 9.08. The molecule has 2 aliphatic heterocycles. The second-order valence-electron chi connectivity index (χ2n) is 7.79. The van der Waals surface area contributed by atoms with Crippen LogP contribution in [0.4, 0.5) is 5.69 Å². The van der Waals surface area contributed by atoms with Crippen LogP contribution < -0.4 is 10.2 Å². The molecule has 1 aromatic heterocycles. The number of guanidine groups is 1. The molecule has 2 aromatic rings. The maximum atomic E-state index is 12.0. The smallest absolute Gasteiger partial charge is 0.222 e. The van der Waals surface area contributed by atoms with Crippen LogP contribution in [-0.4, -0.2) is 48.4 Å².